The molecule has 59 heavy (non-hydrogen) atoms. The Balaban J connectivity index is 1.16. The zero-order valence-corrected chi connectivity index (χ0v) is 34.2. The largest absolute Gasteiger partial charge is 0.310 e. The van der Waals surface area contributed by atoms with Crippen LogP contribution in [0.15, 0.2) is 206 Å². The third-order valence-corrected chi connectivity index (χ3v) is 12.5. The summed E-state index contributed by atoms with van der Waals surface area (Å²) in [7, 11) is 0. The molecule has 0 bridgehead atoms. The van der Waals surface area contributed by atoms with Crippen molar-refractivity contribution in [1.29, 1.82) is 0 Å². The van der Waals surface area contributed by atoms with Crippen LogP contribution in [0.1, 0.15) is 50.3 Å². The van der Waals surface area contributed by atoms with Crippen molar-refractivity contribution in [3.05, 3.63) is 223 Å². The number of fused-ring (bicyclic) bond motifs is 4. The summed E-state index contributed by atoms with van der Waals surface area (Å²) in [6, 6.07) is 76.1. The molecule has 0 heterocycles. The van der Waals surface area contributed by atoms with E-state index in [0.717, 1.165) is 17.1 Å². The minimum Gasteiger partial charge on any atom is -0.310 e. The van der Waals surface area contributed by atoms with E-state index in [1.807, 2.05) is 0 Å². The van der Waals surface area contributed by atoms with E-state index < -0.39 is 0 Å². The van der Waals surface area contributed by atoms with Gasteiger partial charge in [0.05, 0.1) is 5.69 Å². The summed E-state index contributed by atoms with van der Waals surface area (Å²) in [5.74, 6) is 0.365. The van der Waals surface area contributed by atoms with Gasteiger partial charge in [-0.05, 0) is 120 Å². The average molecular weight is 758 g/mol. The lowest BCUT2D eigenvalue weighted by atomic mass is 9.81. The van der Waals surface area contributed by atoms with Crippen LogP contribution in [0, 0.1) is 0 Å². The monoisotopic (exact) mass is 757 g/mol. The topological polar surface area (TPSA) is 3.24 Å². The normalized spacial score (nSPS) is 12.7. The maximum absolute atomic E-state index is 2.50. The highest BCUT2D eigenvalue weighted by Crippen LogP contribution is 2.54. The molecule has 0 spiro atoms. The van der Waals surface area contributed by atoms with Crippen LogP contribution in [0.25, 0.3) is 66.4 Å². The number of nitrogens with zero attached hydrogens (tertiary/aromatic N) is 1. The summed E-state index contributed by atoms with van der Waals surface area (Å²) in [6.07, 6.45) is 0. The Kier molecular flexibility index (Phi) is 9.11. The molecule has 0 unspecified atom stereocenters. The second-order valence-electron chi connectivity index (χ2n) is 16.7. The summed E-state index contributed by atoms with van der Waals surface area (Å²) in [6.45, 7) is 9.37. The molecule has 0 radical (unpaired) electrons. The lowest BCUT2D eigenvalue weighted by Crippen LogP contribution is -2.17. The Morgan fingerprint density at radius 1 is 0.373 bits per heavy atom. The van der Waals surface area contributed by atoms with Gasteiger partial charge in [-0.25, -0.2) is 0 Å². The van der Waals surface area contributed by atoms with Gasteiger partial charge in [0.2, 0.25) is 0 Å². The molecule has 0 saturated carbocycles. The molecule has 0 aromatic heterocycles. The SMILES string of the molecule is CC(C)c1ccccc1-c1cc2ccccc2cc1N(c1ccc(-c2ccc(-c3ccccc3)cc2)cc1)c1ccc2c(c1)C(C)(C)c1cccc(-c3ccccc3)c1-2. The Labute approximate surface area is 348 Å². The van der Waals surface area contributed by atoms with Gasteiger partial charge >= 0.3 is 0 Å². The van der Waals surface area contributed by atoms with Gasteiger partial charge in [-0.1, -0.05) is 198 Å². The van der Waals surface area contributed by atoms with E-state index in [2.05, 4.69) is 239 Å². The molecule has 284 valence electrons. The van der Waals surface area contributed by atoms with Crippen molar-refractivity contribution in [3.8, 4) is 55.6 Å². The molecule has 1 nitrogen and oxygen atoms in total. The molecule has 0 saturated heterocycles. The van der Waals surface area contributed by atoms with Crippen molar-refractivity contribution in [2.45, 2.75) is 39.0 Å². The third kappa shape index (κ3) is 6.44. The molecular formula is C58H47N. The summed E-state index contributed by atoms with van der Waals surface area (Å²) < 4.78 is 0. The van der Waals surface area contributed by atoms with Crippen LogP contribution in [0.2, 0.25) is 0 Å². The molecule has 0 atom stereocenters. The van der Waals surface area contributed by atoms with Crippen molar-refractivity contribution in [2.24, 2.45) is 0 Å². The van der Waals surface area contributed by atoms with E-state index in [9.17, 15) is 0 Å². The predicted molar refractivity (Wildman–Crippen MR) is 252 cm³/mol. The maximum Gasteiger partial charge on any atom is 0.0546 e. The molecular weight excluding hydrogens is 711 g/mol. The quantitative estimate of drug-likeness (QED) is 0.149. The molecule has 10 rings (SSSR count). The first-order valence-corrected chi connectivity index (χ1v) is 20.9. The standard InChI is InChI=1S/C58H47N/c1-39(2)49-22-13-14-23-51(49)53-36-45-20-11-12-21-46(45)37-56(53)59(47-32-30-43(31-33-47)42-28-26-41(27-29-42)40-16-7-5-8-17-40)48-34-35-52-55(38-48)58(3,4)54-25-15-24-50(57(52)54)44-18-9-6-10-19-44/h5-39H,1-4H3. The molecule has 9 aromatic rings. The van der Waals surface area contributed by atoms with Crippen molar-refractivity contribution in [3.63, 3.8) is 0 Å². The van der Waals surface area contributed by atoms with Gasteiger partial charge in [-0.15, -0.1) is 0 Å². The fourth-order valence-electron chi connectivity index (χ4n) is 9.36. The summed E-state index contributed by atoms with van der Waals surface area (Å²) in [4.78, 5) is 2.50. The number of rotatable bonds is 8. The Morgan fingerprint density at radius 3 is 1.56 bits per heavy atom. The fraction of sp³-hybridized carbons (Fsp3) is 0.103. The van der Waals surface area contributed by atoms with Crippen LogP contribution in [-0.4, -0.2) is 0 Å². The Bertz CT molecular complexity index is 2960. The molecule has 0 aliphatic heterocycles. The summed E-state index contributed by atoms with van der Waals surface area (Å²) in [5, 5.41) is 2.45. The smallest absolute Gasteiger partial charge is 0.0546 e. The molecule has 1 aliphatic carbocycles. The number of hydrogen-bond acceptors (Lipinski definition) is 1. The summed E-state index contributed by atoms with van der Waals surface area (Å²) >= 11 is 0. The van der Waals surface area contributed by atoms with Gasteiger partial charge in [0.15, 0.2) is 0 Å². The van der Waals surface area contributed by atoms with E-state index >= 15 is 0 Å². The molecule has 1 heteroatoms. The van der Waals surface area contributed by atoms with Crippen LogP contribution < -0.4 is 4.90 Å². The molecule has 0 fully saturated rings. The molecule has 1 aliphatic rings. The number of benzene rings is 9. The highest BCUT2D eigenvalue weighted by Gasteiger charge is 2.37. The summed E-state index contributed by atoms with van der Waals surface area (Å²) in [5.41, 5.74) is 19.8. The molecule has 9 aromatic carbocycles. The van der Waals surface area contributed by atoms with Crippen LogP contribution in [-0.2, 0) is 5.41 Å². The lowest BCUT2D eigenvalue weighted by Gasteiger charge is -2.31. The van der Waals surface area contributed by atoms with Gasteiger partial charge < -0.3 is 4.90 Å². The molecule has 0 amide bonds. The zero-order valence-electron chi connectivity index (χ0n) is 34.2. The van der Waals surface area contributed by atoms with Crippen molar-refractivity contribution in [1.82, 2.24) is 0 Å². The van der Waals surface area contributed by atoms with E-state index in [1.54, 1.807) is 0 Å². The first-order chi connectivity index (χ1) is 28.8. The predicted octanol–water partition coefficient (Wildman–Crippen LogP) is 16.4. The second-order valence-corrected chi connectivity index (χ2v) is 16.7. The minimum absolute atomic E-state index is 0.191. The maximum atomic E-state index is 2.50. The molecule has 0 N–H and O–H groups in total. The first kappa shape index (κ1) is 36.4. The first-order valence-electron chi connectivity index (χ1n) is 20.9. The Morgan fingerprint density at radius 2 is 0.898 bits per heavy atom. The minimum atomic E-state index is -0.191. The van der Waals surface area contributed by atoms with Crippen LogP contribution >= 0.6 is 0 Å². The van der Waals surface area contributed by atoms with Crippen molar-refractivity contribution >= 4 is 27.8 Å². The van der Waals surface area contributed by atoms with Crippen molar-refractivity contribution < 1.29 is 0 Å². The zero-order chi connectivity index (χ0) is 40.1. The van der Waals surface area contributed by atoms with E-state index in [-0.39, 0.29) is 5.41 Å². The van der Waals surface area contributed by atoms with Gasteiger partial charge in [-0.3, -0.25) is 0 Å². The van der Waals surface area contributed by atoms with Crippen LogP contribution in [0.4, 0.5) is 17.1 Å². The average Bonchev–Trinajstić information content (AvgIpc) is 3.52. The lowest BCUT2D eigenvalue weighted by molar-refractivity contribution is 0.660. The Hall–Kier alpha value is -6.96. The highest BCUT2D eigenvalue weighted by molar-refractivity contribution is 6.00. The third-order valence-electron chi connectivity index (χ3n) is 12.5. The van der Waals surface area contributed by atoms with Gasteiger partial charge in [0.1, 0.15) is 0 Å². The number of hydrogen-bond donors (Lipinski definition) is 0. The van der Waals surface area contributed by atoms with Crippen molar-refractivity contribution in [2.75, 3.05) is 4.90 Å². The van der Waals surface area contributed by atoms with E-state index in [0.29, 0.717) is 5.92 Å². The number of anilines is 3. The highest BCUT2D eigenvalue weighted by atomic mass is 15.1. The van der Waals surface area contributed by atoms with Gasteiger partial charge in [0, 0.05) is 22.4 Å². The van der Waals surface area contributed by atoms with Gasteiger partial charge in [0.25, 0.3) is 0 Å². The van der Waals surface area contributed by atoms with Crippen LogP contribution in [0.5, 0.6) is 0 Å². The van der Waals surface area contributed by atoms with Gasteiger partial charge in [-0.2, -0.15) is 0 Å². The van der Waals surface area contributed by atoms with E-state index in [4.69, 9.17) is 0 Å². The van der Waals surface area contributed by atoms with E-state index in [1.165, 1.54) is 83.1 Å². The fourth-order valence-corrected chi connectivity index (χ4v) is 9.36. The second kappa shape index (κ2) is 14.8. The van der Waals surface area contributed by atoms with Crippen LogP contribution in [0.3, 0.4) is 0 Å².